The van der Waals surface area contributed by atoms with Crippen LogP contribution in [0.4, 0.5) is 17.2 Å². The molecule has 23 heavy (non-hydrogen) atoms. The highest BCUT2D eigenvalue weighted by molar-refractivity contribution is 6.28. The zero-order valence-corrected chi connectivity index (χ0v) is 13.3. The van der Waals surface area contributed by atoms with E-state index in [-0.39, 0.29) is 11.2 Å². The Balaban J connectivity index is 2.01. The number of hydrogen-bond donors (Lipinski definition) is 1. The number of benzene rings is 2. The van der Waals surface area contributed by atoms with Gasteiger partial charge in [0.05, 0.1) is 16.9 Å². The molecule has 0 fully saturated rings. The van der Waals surface area contributed by atoms with E-state index in [4.69, 9.17) is 11.6 Å². The van der Waals surface area contributed by atoms with Gasteiger partial charge in [-0.3, -0.25) is 4.79 Å². The molecule has 1 N–H and O–H groups in total. The van der Waals surface area contributed by atoms with Crippen molar-refractivity contribution in [3.63, 3.8) is 0 Å². The Labute approximate surface area is 137 Å². The van der Waals surface area contributed by atoms with Crippen LogP contribution in [0.1, 0.15) is 16.1 Å². The molecule has 0 aliphatic carbocycles. The Bertz CT molecular complexity index is 970. The predicted octanol–water partition coefficient (Wildman–Crippen LogP) is 3.93. The summed E-state index contributed by atoms with van der Waals surface area (Å²) in [6.07, 6.45) is 0. The van der Waals surface area contributed by atoms with Gasteiger partial charge in [-0.15, -0.1) is 0 Å². The van der Waals surface area contributed by atoms with Crippen molar-refractivity contribution in [2.45, 2.75) is 6.92 Å². The average molecular weight is 325 g/mol. The minimum absolute atomic E-state index is 0.106. The highest BCUT2D eigenvalue weighted by atomic mass is 35.5. The van der Waals surface area contributed by atoms with Gasteiger partial charge in [0, 0.05) is 7.05 Å². The van der Waals surface area contributed by atoms with E-state index in [1.54, 1.807) is 11.9 Å². The number of carbonyl (C=O) groups is 1. The molecule has 0 atom stereocenters. The lowest BCUT2D eigenvalue weighted by Gasteiger charge is -2.18. The third kappa shape index (κ3) is 2.12. The molecule has 5 nitrogen and oxygen atoms in total. The van der Waals surface area contributed by atoms with E-state index in [0.29, 0.717) is 28.5 Å². The summed E-state index contributed by atoms with van der Waals surface area (Å²) >= 11 is 5.98. The maximum atomic E-state index is 12.9. The third-order valence-electron chi connectivity index (χ3n) is 4.04. The van der Waals surface area contributed by atoms with Crippen molar-refractivity contribution in [2.24, 2.45) is 0 Å². The third-order valence-corrected chi connectivity index (χ3v) is 4.21. The molecule has 114 valence electrons. The highest BCUT2D eigenvalue weighted by Crippen LogP contribution is 2.37. The van der Waals surface area contributed by atoms with Crippen LogP contribution >= 0.6 is 11.6 Å². The Hall–Kier alpha value is -2.66. The molecule has 4 rings (SSSR count). The average Bonchev–Trinajstić information content (AvgIpc) is 2.61. The van der Waals surface area contributed by atoms with Crippen LogP contribution in [0.15, 0.2) is 36.4 Å². The van der Waals surface area contributed by atoms with Gasteiger partial charge in [0.1, 0.15) is 5.69 Å². The predicted molar refractivity (Wildman–Crippen MR) is 91.7 cm³/mol. The normalized spacial score (nSPS) is 13.3. The van der Waals surface area contributed by atoms with Gasteiger partial charge in [-0.1, -0.05) is 24.3 Å². The Morgan fingerprint density at radius 3 is 2.57 bits per heavy atom. The lowest BCUT2D eigenvalue weighted by molar-refractivity contribution is 0.0994. The van der Waals surface area contributed by atoms with Crippen molar-refractivity contribution in [1.82, 2.24) is 9.97 Å². The molecule has 1 amide bonds. The number of hydrogen-bond acceptors (Lipinski definition) is 4. The zero-order chi connectivity index (χ0) is 16.1. The van der Waals surface area contributed by atoms with Crippen molar-refractivity contribution in [3.05, 3.63) is 52.9 Å². The molecule has 2 aromatic carbocycles. The molecule has 2 heterocycles. The van der Waals surface area contributed by atoms with E-state index >= 15 is 0 Å². The van der Waals surface area contributed by atoms with Crippen molar-refractivity contribution >= 4 is 45.5 Å². The summed E-state index contributed by atoms with van der Waals surface area (Å²) in [5.74, 6) is 0.429. The summed E-state index contributed by atoms with van der Waals surface area (Å²) in [4.78, 5) is 22.8. The molecule has 0 saturated heterocycles. The van der Waals surface area contributed by atoms with Gasteiger partial charge in [0.2, 0.25) is 5.28 Å². The molecule has 1 aliphatic heterocycles. The number of nitrogens with one attached hydrogen (secondary N) is 1. The molecule has 1 aromatic heterocycles. The van der Waals surface area contributed by atoms with Crippen molar-refractivity contribution in [3.8, 4) is 0 Å². The molecule has 0 bridgehead atoms. The fraction of sp³-hybridized carbons (Fsp3) is 0.118. The number of halogens is 1. The van der Waals surface area contributed by atoms with Crippen LogP contribution in [0.3, 0.4) is 0 Å². The van der Waals surface area contributed by atoms with Crippen LogP contribution in [0, 0.1) is 6.92 Å². The Morgan fingerprint density at radius 2 is 1.83 bits per heavy atom. The second-order valence-corrected chi connectivity index (χ2v) is 5.85. The van der Waals surface area contributed by atoms with Gasteiger partial charge < -0.3 is 10.2 Å². The molecule has 6 heteroatoms. The first kappa shape index (κ1) is 14.0. The van der Waals surface area contributed by atoms with Crippen molar-refractivity contribution in [2.75, 3.05) is 17.3 Å². The molecule has 0 saturated carbocycles. The van der Waals surface area contributed by atoms with Gasteiger partial charge in [-0.25, -0.2) is 4.98 Å². The lowest BCUT2D eigenvalue weighted by Crippen LogP contribution is -2.26. The smallest absolute Gasteiger partial charge is 0.260 e. The molecule has 0 unspecified atom stereocenters. The van der Waals surface area contributed by atoms with Gasteiger partial charge in [0.15, 0.2) is 5.82 Å². The largest absolute Gasteiger partial charge is 0.338 e. The fourth-order valence-corrected chi connectivity index (χ4v) is 3.16. The first-order chi connectivity index (χ1) is 11.0. The van der Waals surface area contributed by atoms with Crippen LogP contribution in [0.25, 0.3) is 10.8 Å². The minimum atomic E-state index is -0.106. The summed E-state index contributed by atoms with van der Waals surface area (Å²) < 4.78 is 0. The number of aryl methyl sites for hydroxylation is 1. The Morgan fingerprint density at radius 1 is 1.13 bits per heavy atom. The molecule has 0 spiro atoms. The van der Waals surface area contributed by atoms with Crippen LogP contribution < -0.4 is 10.2 Å². The summed E-state index contributed by atoms with van der Waals surface area (Å²) in [5.41, 5.74) is 2.61. The molecule has 0 radical (unpaired) electrons. The number of amides is 1. The van der Waals surface area contributed by atoms with Crippen LogP contribution in [-0.2, 0) is 0 Å². The second-order valence-electron chi connectivity index (χ2n) is 5.51. The first-order valence-corrected chi connectivity index (χ1v) is 7.54. The topological polar surface area (TPSA) is 58.1 Å². The highest BCUT2D eigenvalue weighted by Gasteiger charge is 2.27. The standard InChI is InChI=1S/C17H13ClN4O/c1-9-14-15(21-17(18)19-9)20-13-8-11-6-4-3-5-10(11)7-12(13)16(23)22(14)2/h3-8H,1-2H3,(H,19,20,21). The van der Waals surface area contributed by atoms with Crippen molar-refractivity contribution < 1.29 is 4.79 Å². The number of fused-ring (bicyclic) bond motifs is 3. The number of nitrogens with zero attached hydrogens (tertiary/aromatic N) is 3. The molecule has 3 aromatic rings. The summed E-state index contributed by atoms with van der Waals surface area (Å²) in [7, 11) is 1.72. The van der Waals surface area contributed by atoms with Gasteiger partial charge >= 0.3 is 0 Å². The minimum Gasteiger partial charge on any atom is -0.338 e. The van der Waals surface area contributed by atoms with E-state index in [1.807, 2.05) is 43.3 Å². The summed E-state index contributed by atoms with van der Waals surface area (Å²) in [6.45, 7) is 1.81. The first-order valence-electron chi connectivity index (χ1n) is 7.16. The van der Waals surface area contributed by atoms with Gasteiger partial charge in [-0.05, 0) is 41.4 Å². The van der Waals surface area contributed by atoms with Crippen LogP contribution in [0.2, 0.25) is 5.28 Å². The fourth-order valence-electron chi connectivity index (χ4n) is 2.95. The van der Waals surface area contributed by atoms with Crippen LogP contribution in [0.5, 0.6) is 0 Å². The van der Waals surface area contributed by atoms with Crippen molar-refractivity contribution in [1.29, 1.82) is 0 Å². The second kappa shape index (κ2) is 4.93. The van der Waals surface area contributed by atoms with E-state index in [1.165, 1.54) is 0 Å². The van der Waals surface area contributed by atoms with Gasteiger partial charge in [-0.2, -0.15) is 4.98 Å². The quantitative estimate of drug-likeness (QED) is 0.637. The van der Waals surface area contributed by atoms with E-state index in [0.717, 1.165) is 10.8 Å². The molecule has 1 aliphatic rings. The summed E-state index contributed by atoms with van der Waals surface area (Å²) in [6, 6.07) is 11.8. The van der Waals surface area contributed by atoms with E-state index < -0.39 is 0 Å². The maximum Gasteiger partial charge on any atom is 0.260 e. The summed E-state index contributed by atoms with van der Waals surface area (Å²) in [5, 5.41) is 5.46. The molecular formula is C17H13ClN4O. The van der Waals surface area contributed by atoms with Crippen LogP contribution in [-0.4, -0.2) is 22.9 Å². The van der Waals surface area contributed by atoms with Gasteiger partial charge in [0.25, 0.3) is 5.91 Å². The molecular weight excluding hydrogens is 312 g/mol. The monoisotopic (exact) mass is 324 g/mol. The number of anilines is 3. The lowest BCUT2D eigenvalue weighted by atomic mass is 10.0. The number of carbonyl (C=O) groups excluding carboxylic acids is 1. The maximum absolute atomic E-state index is 12.9. The SMILES string of the molecule is Cc1nc(Cl)nc2c1N(C)C(=O)c1cc3ccccc3cc1N2. The number of aromatic nitrogens is 2. The zero-order valence-electron chi connectivity index (χ0n) is 12.6. The number of rotatable bonds is 0. The van der Waals surface area contributed by atoms with E-state index in [9.17, 15) is 4.79 Å². The Kier molecular flexibility index (Phi) is 2.99. The van der Waals surface area contributed by atoms with E-state index in [2.05, 4.69) is 15.3 Å².